The average Bonchev–Trinajstić information content (AvgIpc) is 2.62. The number of benzene rings is 2. The predicted octanol–water partition coefficient (Wildman–Crippen LogP) is 2.60. The molecular formula is C17H18FNO4S. The maximum absolute atomic E-state index is 13.0. The summed E-state index contributed by atoms with van der Waals surface area (Å²) in [7, 11) is -2.09. The zero-order valence-corrected chi connectivity index (χ0v) is 14.0. The Kier molecular flexibility index (Phi) is 4.84. The van der Waals surface area contributed by atoms with E-state index in [1.54, 1.807) is 24.3 Å². The first-order valence-electron chi connectivity index (χ1n) is 7.52. The highest BCUT2D eigenvalue weighted by molar-refractivity contribution is 7.89. The van der Waals surface area contributed by atoms with Gasteiger partial charge in [-0.2, -0.15) is 4.31 Å². The maximum atomic E-state index is 13.0. The van der Waals surface area contributed by atoms with Crippen LogP contribution in [0, 0.1) is 5.82 Å². The van der Waals surface area contributed by atoms with Crippen LogP contribution in [0.1, 0.15) is 11.7 Å². The molecule has 1 saturated heterocycles. The normalized spacial score (nSPS) is 19.2. The lowest BCUT2D eigenvalue weighted by Crippen LogP contribution is -2.42. The molecular weight excluding hydrogens is 333 g/mol. The van der Waals surface area contributed by atoms with E-state index in [0.717, 1.165) is 5.56 Å². The Morgan fingerprint density at radius 2 is 1.79 bits per heavy atom. The van der Waals surface area contributed by atoms with Crippen LogP contribution < -0.4 is 4.74 Å². The van der Waals surface area contributed by atoms with Crippen molar-refractivity contribution in [2.45, 2.75) is 11.0 Å². The molecule has 1 aliphatic rings. The van der Waals surface area contributed by atoms with Crippen LogP contribution in [-0.4, -0.2) is 39.5 Å². The minimum absolute atomic E-state index is 0.194. The molecule has 0 aliphatic carbocycles. The third kappa shape index (κ3) is 3.43. The molecule has 0 unspecified atom stereocenters. The lowest BCUT2D eigenvalue weighted by atomic mass is 10.1. The number of hydrogen-bond donors (Lipinski definition) is 0. The number of methoxy groups -OCH3 is 1. The summed E-state index contributed by atoms with van der Waals surface area (Å²) in [4.78, 5) is 0.211. The van der Waals surface area contributed by atoms with Crippen molar-refractivity contribution in [3.8, 4) is 5.75 Å². The molecule has 0 spiro atoms. The van der Waals surface area contributed by atoms with Crippen LogP contribution in [0.3, 0.4) is 0 Å². The first-order valence-corrected chi connectivity index (χ1v) is 8.96. The summed E-state index contributed by atoms with van der Waals surface area (Å²) in [6, 6.07) is 12.2. The van der Waals surface area contributed by atoms with E-state index in [2.05, 4.69) is 0 Å². The lowest BCUT2D eigenvalue weighted by Gasteiger charge is -2.32. The fraction of sp³-hybridized carbons (Fsp3) is 0.294. The molecule has 2 aromatic carbocycles. The van der Waals surface area contributed by atoms with E-state index < -0.39 is 16.1 Å². The van der Waals surface area contributed by atoms with Crippen molar-refractivity contribution in [2.75, 3.05) is 26.8 Å². The van der Waals surface area contributed by atoms with Gasteiger partial charge >= 0.3 is 0 Å². The zero-order valence-electron chi connectivity index (χ0n) is 13.2. The van der Waals surface area contributed by atoms with Crippen molar-refractivity contribution < 1.29 is 22.3 Å². The first-order chi connectivity index (χ1) is 11.5. The Morgan fingerprint density at radius 3 is 2.42 bits per heavy atom. The third-order valence-electron chi connectivity index (χ3n) is 3.97. The molecule has 1 fully saturated rings. The predicted molar refractivity (Wildman–Crippen MR) is 86.8 cm³/mol. The Bertz CT molecular complexity index is 790. The van der Waals surface area contributed by atoms with E-state index in [-0.39, 0.29) is 30.4 Å². The quantitative estimate of drug-likeness (QED) is 0.850. The summed E-state index contributed by atoms with van der Waals surface area (Å²) in [5, 5.41) is 0. The smallest absolute Gasteiger partial charge is 0.243 e. The largest absolute Gasteiger partial charge is 0.497 e. The monoisotopic (exact) mass is 351 g/mol. The highest BCUT2D eigenvalue weighted by Crippen LogP contribution is 2.27. The highest BCUT2D eigenvalue weighted by atomic mass is 32.2. The van der Waals surface area contributed by atoms with Crippen molar-refractivity contribution in [3.05, 3.63) is 59.9 Å². The van der Waals surface area contributed by atoms with Crippen LogP contribution in [0.2, 0.25) is 0 Å². The molecule has 0 aromatic heterocycles. The standard InChI is InChI=1S/C17H18FNO4S/c1-22-15-6-8-16(9-7-15)24(20,21)19-10-11-23-17(12-19)13-2-4-14(18)5-3-13/h2-9,17H,10-12H2,1H3/t17-/m1/s1. The number of hydrogen-bond acceptors (Lipinski definition) is 4. The number of ether oxygens (including phenoxy) is 2. The molecule has 0 saturated carbocycles. The molecule has 2 aromatic rings. The second-order valence-corrected chi connectivity index (χ2v) is 7.39. The summed E-state index contributed by atoms with van der Waals surface area (Å²) >= 11 is 0. The van der Waals surface area contributed by atoms with Gasteiger partial charge in [0.05, 0.1) is 24.7 Å². The molecule has 0 radical (unpaired) electrons. The maximum Gasteiger partial charge on any atom is 0.243 e. The SMILES string of the molecule is COc1ccc(S(=O)(=O)N2CCO[C@@H](c3ccc(F)cc3)C2)cc1. The van der Waals surface area contributed by atoms with Crippen molar-refractivity contribution in [1.82, 2.24) is 4.31 Å². The molecule has 0 amide bonds. The number of sulfonamides is 1. The minimum atomic E-state index is -3.61. The summed E-state index contributed by atoms with van der Waals surface area (Å²) in [6.07, 6.45) is -0.410. The van der Waals surface area contributed by atoms with Gasteiger partial charge in [0.25, 0.3) is 0 Å². The topological polar surface area (TPSA) is 55.8 Å². The Hall–Kier alpha value is -1.96. The molecule has 1 aliphatic heterocycles. The van der Waals surface area contributed by atoms with Gasteiger partial charge in [-0.15, -0.1) is 0 Å². The van der Waals surface area contributed by atoms with Gasteiger partial charge in [-0.3, -0.25) is 0 Å². The van der Waals surface area contributed by atoms with E-state index in [0.29, 0.717) is 5.75 Å². The second-order valence-electron chi connectivity index (χ2n) is 5.45. The lowest BCUT2D eigenvalue weighted by molar-refractivity contribution is -0.00258. The summed E-state index contributed by atoms with van der Waals surface area (Å²) in [5.74, 6) is 0.261. The Labute approximate surface area is 140 Å². The van der Waals surface area contributed by atoms with E-state index in [1.165, 1.54) is 35.7 Å². The summed E-state index contributed by atoms with van der Waals surface area (Å²) < 4.78 is 50.7. The van der Waals surface area contributed by atoms with E-state index in [9.17, 15) is 12.8 Å². The van der Waals surface area contributed by atoms with E-state index >= 15 is 0 Å². The van der Waals surface area contributed by atoms with Crippen molar-refractivity contribution in [1.29, 1.82) is 0 Å². The molecule has 0 bridgehead atoms. The Morgan fingerprint density at radius 1 is 1.12 bits per heavy atom. The average molecular weight is 351 g/mol. The van der Waals surface area contributed by atoms with Gasteiger partial charge in [0.15, 0.2) is 0 Å². The van der Waals surface area contributed by atoms with Crippen molar-refractivity contribution in [2.24, 2.45) is 0 Å². The van der Waals surface area contributed by atoms with Gasteiger partial charge in [-0.05, 0) is 42.0 Å². The van der Waals surface area contributed by atoms with Crippen molar-refractivity contribution in [3.63, 3.8) is 0 Å². The molecule has 5 nitrogen and oxygen atoms in total. The van der Waals surface area contributed by atoms with Crippen LogP contribution in [0.25, 0.3) is 0 Å². The van der Waals surface area contributed by atoms with E-state index in [1.807, 2.05) is 0 Å². The van der Waals surface area contributed by atoms with Crippen LogP contribution in [0.4, 0.5) is 4.39 Å². The number of nitrogens with zero attached hydrogens (tertiary/aromatic N) is 1. The second kappa shape index (κ2) is 6.88. The fourth-order valence-corrected chi connectivity index (χ4v) is 4.04. The minimum Gasteiger partial charge on any atom is -0.497 e. The molecule has 24 heavy (non-hydrogen) atoms. The van der Waals surface area contributed by atoms with Gasteiger partial charge in [0.2, 0.25) is 10.0 Å². The van der Waals surface area contributed by atoms with Crippen molar-refractivity contribution >= 4 is 10.0 Å². The van der Waals surface area contributed by atoms with Crippen LogP contribution in [0.15, 0.2) is 53.4 Å². The van der Waals surface area contributed by atoms with Gasteiger partial charge in [0.1, 0.15) is 11.6 Å². The number of morpholine rings is 1. The third-order valence-corrected chi connectivity index (χ3v) is 5.85. The summed E-state index contributed by atoms with van der Waals surface area (Å²) in [5.41, 5.74) is 0.756. The molecule has 1 heterocycles. The number of rotatable bonds is 4. The van der Waals surface area contributed by atoms with E-state index in [4.69, 9.17) is 9.47 Å². The summed E-state index contributed by atoms with van der Waals surface area (Å²) in [6.45, 7) is 0.767. The first kappa shape index (κ1) is 16.9. The van der Waals surface area contributed by atoms with Crippen LogP contribution in [0.5, 0.6) is 5.75 Å². The molecule has 1 atom stereocenters. The van der Waals surface area contributed by atoms with Crippen LogP contribution >= 0.6 is 0 Å². The number of halogens is 1. The Balaban J connectivity index is 1.81. The highest BCUT2D eigenvalue weighted by Gasteiger charge is 2.31. The van der Waals surface area contributed by atoms with Crippen LogP contribution in [-0.2, 0) is 14.8 Å². The molecule has 128 valence electrons. The molecule has 3 rings (SSSR count). The fourth-order valence-electron chi connectivity index (χ4n) is 2.62. The zero-order chi connectivity index (χ0) is 17.2. The van der Waals surface area contributed by atoms with Gasteiger partial charge in [-0.1, -0.05) is 12.1 Å². The molecule has 7 heteroatoms. The van der Waals surface area contributed by atoms with Gasteiger partial charge in [0, 0.05) is 13.1 Å². The van der Waals surface area contributed by atoms with Gasteiger partial charge in [-0.25, -0.2) is 12.8 Å². The molecule has 0 N–H and O–H groups in total. The van der Waals surface area contributed by atoms with Gasteiger partial charge < -0.3 is 9.47 Å².